The second-order valence-electron chi connectivity index (χ2n) is 2.52. The minimum atomic E-state index is -0.963. The fourth-order valence-electron chi connectivity index (χ4n) is 0.901. The van der Waals surface area contributed by atoms with Crippen molar-refractivity contribution in [3.8, 4) is 11.8 Å². The van der Waals surface area contributed by atoms with Crippen molar-refractivity contribution >= 4 is 0 Å². The standard InChI is InChI=1S/C9H9NO2/c10-6-9(12)5-7-1-3-8(11)4-2-7/h1-4,9,11-12H,5H2. The van der Waals surface area contributed by atoms with E-state index in [1.54, 1.807) is 18.2 Å². The van der Waals surface area contributed by atoms with Crippen LogP contribution in [0.5, 0.6) is 5.75 Å². The Labute approximate surface area is 70.5 Å². The van der Waals surface area contributed by atoms with Crippen molar-refractivity contribution in [3.63, 3.8) is 0 Å². The number of hydrogen-bond acceptors (Lipinski definition) is 3. The first-order valence-corrected chi connectivity index (χ1v) is 3.58. The van der Waals surface area contributed by atoms with E-state index >= 15 is 0 Å². The SMILES string of the molecule is N#CC(O)Cc1ccc(O)cc1. The molecule has 1 atom stereocenters. The molecule has 0 aliphatic heterocycles. The Balaban J connectivity index is 2.66. The zero-order chi connectivity index (χ0) is 8.97. The number of phenolic OH excluding ortho intramolecular Hbond substituents is 1. The number of benzene rings is 1. The molecule has 62 valence electrons. The van der Waals surface area contributed by atoms with Crippen molar-refractivity contribution in [3.05, 3.63) is 29.8 Å². The van der Waals surface area contributed by atoms with Gasteiger partial charge < -0.3 is 10.2 Å². The number of nitriles is 1. The predicted molar refractivity (Wildman–Crippen MR) is 43.4 cm³/mol. The van der Waals surface area contributed by atoms with Crippen LogP contribution in [0.4, 0.5) is 0 Å². The maximum Gasteiger partial charge on any atom is 0.144 e. The molecule has 3 nitrogen and oxygen atoms in total. The van der Waals surface area contributed by atoms with Crippen LogP contribution in [0.15, 0.2) is 24.3 Å². The summed E-state index contributed by atoms with van der Waals surface area (Å²) in [6.45, 7) is 0. The minimum absolute atomic E-state index is 0.185. The Morgan fingerprint density at radius 1 is 1.33 bits per heavy atom. The van der Waals surface area contributed by atoms with Crippen LogP contribution in [0, 0.1) is 11.3 Å². The normalized spacial score (nSPS) is 12.0. The molecule has 1 aromatic carbocycles. The summed E-state index contributed by atoms with van der Waals surface area (Å²) in [5, 5.41) is 26.2. The molecule has 0 aromatic heterocycles. The van der Waals surface area contributed by atoms with E-state index in [0.717, 1.165) is 5.56 Å². The van der Waals surface area contributed by atoms with Gasteiger partial charge in [0.2, 0.25) is 0 Å². The van der Waals surface area contributed by atoms with E-state index in [1.807, 2.05) is 0 Å². The zero-order valence-electron chi connectivity index (χ0n) is 6.44. The highest BCUT2D eigenvalue weighted by molar-refractivity contribution is 5.26. The molecule has 0 heterocycles. The average Bonchev–Trinajstić information content (AvgIpc) is 2.09. The number of hydrogen-bond donors (Lipinski definition) is 2. The van der Waals surface area contributed by atoms with E-state index in [0.29, 0.717) is 6.42 Å². The lowest BCUT2D eigenvalue weighted by Crippen LogP contribution is -2.06. The molecule has 0 spiro atoms. The largest absolute Gasteiger partial charge is 0.508 e. The van der Waals surface area contributed by atoms with E-state index in [-0.39, 0.29) is 5.75 Å². The molecule has 1 rings (SSSR count). The Morgan fingerprint density at radius 2 is 1.92 bits per heavy atom. The van der Waals surface area contributed by atoms with Crippen LogP contribution in [0.3, 0.4) is 0 Å². The van der Waals surface area contributed by atoms with Crippen molar-refractivity contribution in [1.82, 2.24) is 0 Å². The molecule has 0 saturated heterocycles. The van der Waals surface area contributed by atoms with Crippen LogP contribution < -0.4 is 0 Å². The van der Waals surface area contributed by atoms with Crippen LogP contribution in [-0.4, -0.2) is 16.3 Å². The van der Waals surface area contributed by atoms with Crippen LogP contribution in [0.2, 0.25) is 0 Å². The van der Waals surface area contributed by atoms with E-state index in [4.69, 9.17) is 15.5 Å². The molecule has 0 bridgehead atoms. The van der Waals surface area contributed by atoms with Crippen molar-refractivity contribution in [1.29, 1.82) is 5.26 Å². The van der Waals surface area contributed by atoms with Crippen molar-refractivity contribution < 1.29 is 10.2 Å². The Bertz CT molecular complexity index is 286. The van der Waals surface area contributed by atoms with Gasteiger partial charge in [-0.1, -0.05) is 12.1 Å². The average molecular weight is 163 g/mol. The zero-order valence-corrected chi connectivity index (χ0v) is 6.44. The molecule has 12 heavy (non-hydrogen) atoms. The summed E-state index contributed by atoms with van der Waals surface area (Å²) in [5.74, 6) is 0.185. The summed E-state index contributed by atoms with van der Waals surface area (Å²) >= 11 is 0. The lowest BCUT2D eigenvalue weighted by molar-refractivity contribution is 0.231. The van der Waals surface area contributed by atoms with E-state index in [9.17, 15) is 0 Å². The molecule has 2 N–H and O–H groups in total. The Hall–Kier alpha value is -1.53. The summed E-state index contributed by atoms with van der Waals surface area (Å²) in [7, 11) is 0. The summed E-state index contributed by atoms with van der Waals surface area (Å²) < 4.78 is 0. The van der Waals surface area contributed by atoms with Gasteiger partial charge >= 0.3 is 0 Å². The lowest BCUT2D eigenvalue weighted by Gasteiger charge is -2.01. The predicted octanol–water partition coefficient (Wildman–Crippen LogP) is 0.819. The van der Waals surface area contributed by atoms with Gasteiger partial charge in [0.25, 0.3) is 0 Å². The number of rotatable bonds is 2. The molecule has 1 unspecified atom stereocenters. The van der Waals surface area contributed by atoms with Crippen molar-refractivity contribution in [2.75, 3.05) is 0 Å². The smallest absolute Gasteiger partial charge is 0.144 e. The molecular formula is C9H9NO2. The summed E-state index contributed by atoms with van der Waals surface area (Å²) in [5.41, 5.74) is 0.835. The monoisotopic (exact) mass is 163 g/mol. The molecule has 0 fully saturated rings. The third-order valence-electron chi connectivity index (χ3n) is 1.51. The summed E-state index contributed by atoms with van der Waals surface area (Å²) in [6.07, 6.45) is -0.661. The first kappa shape index (κ1) is 8.57. The Morgan fingerprint density at radius 3 is 2.42 bits per heavy atom. The number of aliphatic hydroxyl groups is 1. The highest BCUT2D eigenvalue weighted by atomic mass is 16.3. The number of aliphatic hydroxyl groups excluding tert-OH is 1. The van der Waals surface area contributed by atoms with Gasteiger partial charge in [0, 0.05) is 6.42 Å². The van der Waals surface area contributed by atoms with E-state index in [1.165, 1.54) is 12.1 Å². The van der Waals surface area contributed by atoms with Crippen LogP contribution in [0.1, 0.15) is 5.56 Å². The first-order chi connectivity index (χ1) is 5.72. The van der Waals surface area contributed by atoms with Crippen molar-refractivity contribution in [2.45, 2.75) is 12.5 Å². The van der Waals surface area contributed by atoms with Crippen LogP contribution in [-0.2, 0) is 6.42 Å². The topological polar surface area (TPSA) is 64.2 Å². The van der Waals surface area contributed by atoms with Gasteiger partial charge in [-0.25, -0.2) is 0 Å². The first-order valence-electron chi connectivity index (χ1n) is 3.58. The van der Waals surface area contributed by atoms with E-state index in [2.05, 4.69) is 0 Å². The maximum atomic E-state index is 8.96. The molecule has 0 saturated carbocycles. The van der Waals surface area contributed by atoms with Gasteiger partial charge in [0.05, 0.1) is 6.07 Å². The number of nitrogens with zero attached hydrogens (tertiary/aromatic N) is 1. The van der Waals surface area contributed by atoms with Gasteiger partial charge in [0.15, 0.2) is 0 Å². The fraction of sp³-hybridized carbons (Fsp3) is 0.222. The van der Waals surface area contributed by atoms with Crippen LogP contribution >= 0.6 is 0 Å². The number of aromatic hydroxyl groups is 1. The van der Waals surface area contributed by atoms with Gasteiger partial charge in [-0.3, -0.25) is 0 Å². The van der Waals surface area contributed by atoms with E-state index < -0.39 is 6.10 Å². The molecule has 0 amide bonds. The molecule has 0 radical (unpaired) electrons. The molecule has 0 aliphatic carbocycles. The number of phenols is 1. The second kappa shape index (κ2) is 3.74. The third-order valence-corrected chi connectivity index (χ3v) is 1.51. The summed E-state index contributed by atoms with van der Waals surface area (Å²) in [6, 6.07) is 8.13. The minimum Gasteiger partial charge on any atom is -0.508 e. The third kappa shape index (κ3) is 2.26. The quantitative estimate of drug-likeness (QED) is 0.634. The highest BCUT2D eigenvalue weighted by Gasteiger charge is 2.02. The Kier molecular flexibility index (Phi) is 2.67. The molecule has 3 heteroatoms. The second-order valence-corrected chi connectivity index (χ2v) is 2.52. The summed E-state index contributed by atoms with van der Waals surface area (Å²) in [4.78, 5) is 0. The van der Waals surface area contributed by atoms with Gasteiger partial charge in [-0.05, 0) is 17.7 Å². The van der Waals surface area contributed by atoms with Crippen molar-refractivity contribution in [2.24, 2.45) is 0 Å². The van der Waals surface area contributed by atoms with Crippen LogP contribution in [0.25, 0.3) is 0 Å². The van der Waals surface area contributed by atoms with Gasteiger partial charge in [0.1, 0.15) is 11.9 Å². The highest BCUT2D eigenvalue weighted by Crippen LogP contribution is 2.10. The maximum absolute atomic E-state index is 8.96. The molecule has 1 aromatic rings. The fourth-order valence-corrected chi connectivity index (χ4v) is 0.901. The molecular weight excluding hydrogens is 154 g/mol. The lowest BCUT2D eigenvalue weighted by atomic mass is 10.1. The van der Waals surface area contributed by atoms with Gasteiger partial charge in [-0.2, -0.15) is 5.26 Å². The van der Waals surface area contributed by atoms with Gasteiger partial charge in [-0.15, -0.1) is 0 Å². The molecule has 0 aliphatic rings.